The summed E-state index contributed by atoms with van der Waals surface area (Å²) in [6, 6.07) is 7.66. The predicted octanol–water partition coefficient (Wildman–Crippen LogP) is 3.53. The molecule has 0 aliphatic carbocycles. The molecular formula is C19H20F3N3O3. The first kappa shape index (κ1) is 21.2. The Morgan fingerprint density at radius 1 is 1.18 bits per heavy atom. The van der Waals surface area contributed by atoms with Crippen molar-refractivity contribution in [2.45, 2.75) is 33.2 Å². The van der Waals surface area contributed by atoms with Gasteiger partial charge in [-0.15, -0.1) is 13.2 Å². The topological polar surface area (TPSA) is 80.3 Å². The fraction of sp³-hybridized carbons (Fsp3) is 0.316. The molecule has 0 saturated carbocycles. The second kappa shape index (κ2) is 8.73. The van der Waals surface area contributed by atoms with Crippen LogP contribution in [-0.4, -0.2) is 29.7 Å². The Morgan fingerprint density at radius 3 is 2.54 bits per heavy atom. The van der Waals surface area contributed by atoms with Gasteiger partial charge in [0.25, 0.3) is 11.8 Å². The van der Waals surface area contributed by atoms with E-state index in [4.69, 9.17) is 0 Å². The molecule has 0 bridgehead atoms. The first-order chi connectivity index (χ1) is 13.1. The number of benzene rings is 1. The fourth-order valence-corrected chi connectivity index (χ4v) is 2.51. The predicted molar refractivity (Wildman–Crippen MR) is 96.0 cm³/mol. The lowest BCUT2D eigenvalue weighted by atomic mass is 10.1. The average Bonchev–Trinajstić information content (AvgIpc) is 2.60. The molecular weight excluding hydrogens is 375 g/mol. The molecule has 0 spiro atoms. The van der Waals surface area contributed by atoms with Gasteiger partial charge in [-0.3, -0.25) is 9.59 Å². The van der Waals surface area contributed by atoms with Crippen LogP contribution in [0.15, 0.2) is 36.4 Å². The summed E-state index contributed by atoms with van der Waals surface area (Å²) in [5.41, 5.74) is 1.26. The van der Waals surface area contributed by atoms with Crippen LogP contribution in [0.1, 0.15) is 52.0 Å². The molecule has 1 unspecified atom stereocenters. The van der Waals surface area contributed by atoms with Crippen molar-refractivity contribution >= 4 is 11.8 Å². The van der Waals surface area contributed by atoms with Gasteiger partial charge in [-0.25, -0.2) is 4.98 Å². The van der Waals surface area contributed by atoms with Crippen molar-refractivity contribution < 1.29 is 27.5 Å². The molecule has 2 aromatic rings. The van der Waals surface area contributed by atoms with Gasteiger partial charge in [-0.1, -0.05) is 12.1 Å². The number of nitrogens with one attached hydrogen (secondary N) is 2. The first-order valence-electron chi connectivity index (χ1n) is 8.52. The van der Waals surface area contributed by atoms with Crippen LogP contribution < -0.4 is 15.4 Å². The van der Waals surface area contributed by atoms with Gasteiger partial charge in [0.05, 0.1) is 6.04 Å². The molecule has 1 aromatic heterocycles. The van der Waals surface area contributed by atoms with Gasteiger partial charge in [0.1, 0.15) is 11.4 Å². The number of ether oxygens (including phenoxy) is 1. The highest BCUT2D eigenvalue weighted by molar-refractivity contribution is 5.98. The third-order valence-corrected chi connectivity index (χ3v) is 3.72. The van der Waals surface area contributed by atoms with E-state index in [9.17, 15) is 22.8 Å². The minimum atomic E-state index is -4.80. The zero-order chi connectivity index (χ0) is 20.9. The molecule has 2 rings (SSSR count). The van der Waals surface area contributed by atoms with Crippen LogP contribution in [0.2, 0.25) is 0 Å². The Morgan fingerprint density at radius 2 is 1.89 bits per heavy atom. The second-order valence-electron chi connectivity index (χ2n) is 6.06. The van der Waals surface area contributed by atoms with Crippen LogP contribution in [0.5, 0.6) is 5.75 Å². The van der Waals surface area contributed by atoms with E-state index in [-0.39, 0.29) is 17.0 Å². The molecule has 0 fully saturated rings. The van der Waals surface area contributed by atoms with Crippen molar-refractivity contribution in [1.29, 1.82) is 0 Å². The Bertz CT molecular complexity index is 869. The van der Waals surface area contributed by atoms with E-state index >= 15 is 0 Å². The second-order valence-corrected chi connectivity index (χ2v) is 6.06. The van der Waals surface area contributed by atoms with Crippen molar-refractivity contribution in [2.24, 2.45) is 0 Å². The molecule has 28 heavy (non-hydrogen) atoms. The lowest BCUT2D eigenvalue weighted by molar-refractivity contribution is -0.274. The monoisotopic (exact) mass is 395 g/mol. The molecule has 1 heterocycles. The largest absolute Gasteiger partial charge is 0.573 e. The molecule has 0 radical (unpaired) electrons. The minimum absolute atomic E-state index is 0.111. The molecule has 0 aliphatic heterocycles. The molecule has 2 N–H and O–H groups in total. The third kappa shape index (κ3) is 5.97. The summed E-state index contributed by atoms with van der Waals surface area (Å²) in [7, 11) is 0. The highest BCUT2D eigenvalue weighted by atomic mass is 19.4. The zero-order valence-corrected chi connectivity index (χ0v) is 15.6. The number of carbonyl (C=O) groups excluding carboxylic acids is 2. The van der Waals surface area contributed by atoms with E-state index in [0.717, 1.165) is 0 Å². The number of halogens is 3. The van der Waals surface area contributed by atoms with Crippen LogP contribution in [0.4, 0.5) is 13.2 Å². The van der Waals surface area contributed by atoms with E-state index in [0.29, 0.717) is 17.8 Å². The number of aromatic nitrogens is 1. The quantitative estimate of drug-likeness (QED) is 0.784. The van der Waals surface area contributed by atoms with E-state index in [1.807, 2.05) is 0 Å². The van der Waals surface area contributed by atoms with Crippen LogP contribution >= 0.6 is 0 Å². The van der Waals surface area contributed by atoms with Crippen molar-refractivity contribution in [3.63, 3.8) is 0 Å². The number of rotatable bonds is 6. The van der Waals surface area contributed by atoms with E-state index in [2.05, 4.69) is 20.4 Å². The van der Waals surface area contributed by atoms with Gasteiger partial charge in [-0.05, 0) is 50.6 Å². The smallest absolute Gasteiger partial charge is 0.406 e. The summed E-state index contributed by atoms with van der Waals surface area (Å²) < 4.78 is 41.0. The summed E-state index contributed by atoms with van der Waals surface area (Å²) >= 11 is 0. The van der Waals surface area contributed by atoms with Crippen molar-refractivity contribution in [2.75, 3.05) is 6.54 Å². The van der Waals surface area contributed by atoms with Gasteiger partial charge in [0.2, 0.25) is 0 Å². The van der Waals surface area contributed by atoms with Gasteiger partial charge in [0.15, 0.2) is 0 Å². The van der Waals surface area contributed by atoms with Gasteiger partial charge in [-0.2, -0.15) is 0 Å². The molecule has 6 nitrogen and oxygen atoms in total. The van der Waals surface area contributed by atoms with Crippen molar-refractivity contribution in [3.8, 4) is 5.75 Å². The maximum Gasteiger partial charge on any atom is 0.573 e. The molecule has 1 aromatic carbocycles. The zero-order valence-electron chi connectivity index (χ0n) is 15.6. The van der Waals surface area contributed by atoms with Crippen LogP contribution in [0, 0.1) is 6.92 Å². The maximum absolute atomic E-state index is 12.5. The Kier molecular flexibility index (Phi) is 6.61. The SMILES string of the molecule is CCNC(=O)c1cc(C(=O)NC(C)c2cccc(OC(F)(F)F)c2)cc(C)n1. The average molecular weight is 395 g/mol. The third-order valence-electron chi connectivity index (χ3n) is 3.72. The number of alkyl halides is 3. The number of carbonyl (C=O) groups is 2. The van der Waals surface area contributed by atoms with Crippen LogP contribution in [-0.2, 0) is 0 Å². The maximum atomic E-state index is 12.5. The highest BCUT2D eigenvalue weighted by Crippen LogP contribution is 2.25. The Hall–Kier alpha value is -3.10. The normalized spacial score (nSPS) is 12.2. The summed E-state index contributed by atoms with van der Waals surface area (Å²) in [6.07, 6.45) is -4.80. The Balaban J connectivity index is 2.16. The summed E-state index contributed by atoms with van der Waals surface area (Å²) in [4.78, 5) is 28.6. The number of hydrogen-bond acceptors (Lipinski definition) is 4. The van der Waals surface area contributed by atoms with E-state index in [1.165, 1.54) is 30.3 Å². The Labute approximate surface area is 160 Å². The fourth-order valence-electron chi connectivity index (χ4n) is 2.51. The standard InChI is InChI=1S/C19H20F3N3O3/c1-4-23-18(27)16-10-14(8-11(2)24-16)17(26)25-12(3)13-6-5-7-15(9-13)28-19(20,21)22/h5-10,12H,4H2,1-3H3,(H,23,27)(H,25,26). The molecule has 0 aliphatic rings. The van der Waals surface area contributed by atoms with E-state index in [1.54, 1.807) is 26.8 Å². The number of aryl methyl sites for hydroxylation is 1. The van der Waals surface area contributed by atoms with Crippen molar-refractivity contribution in [3.05, 3.63) is 58.9 Å². The molecule has 1 atom stereocenters. The molecule has 2 amide bonds. The minimum Gasteiger partial charge on any atom is -0.406 e. The van der Waals surface area contributed by atoms with Crippen molar-refractivity contribution in [1.82, 2.24) is 15.6 Å². The molecule has 150 valence electrons. The lowest BCUT2D eigenvalue weighted by Crippen LogP contribution is -2.28. The number of hydrogen-bond donors (Lipinski definition) is 2. The molecule has 9 heteroatoms. The number of pyridine rings is 1. The summed E-state index contributed by atoms with van der Waals surface area (Å²) in [5, 5.41) is 5.30. The van der Waals surface area contributed by atoms with Gasteiger partial charge < -0.3 is 15.4 Å². The van der Waals surface area contributed by atoms with Gasteiger partial charge >= 0.3 is 6.36 Å². The summed E-state index contributed by atoms with van der Waals surface area (Å²) in [6.45, 7) is 5.47. The lowest BCUT2D eigenvalue weighted by Gasteiger charge is -2.16. The van der Waals surface area contributed by atoms with Gasteiger partial charge in [0, 0.05) is 17.8 Å². The number of amides is 2. The molecule has 0 saturated heterocycles. The number of nitrogens with zero attached hydrogens (tertiary/aromatic N) is 1. The first-order valence-corrected chi connectivity index (χ1v) is 8.52. The van der Waals surface area contributed by atoms with Crippen LogP contribution in [0.25, 0.3) is 0 Å². The van der Waals surface area contributed by atoms with Crippen LogP contribution in [0.3, 0.4) is 0 Å². The highest BCUT2D eigenvalue weighted by Gasteiger charge is 2.31. The summed E-state index contributed by atoms with van der Waals surface area (Å²) in [5.74, 6) is -1.25. The van der Waals surface area contributed by atoms with E-state index < -0.39 is 24.2 Å².